The van der Waals surface area contributed by atoms with Crippen molar-refractivity contribution < 1.29 is 14.6 Å². The fraction of sp³-hybridized carbons (Fsp3) is 0.385. The van der Waals surface area contributed by atoms with E-state index < -0.39 is 6.09 Å². The van der Waals surface area contributed by atoms with Crippen molar-refractivity contribution in [1.29, 1.82) is 5.26 Å². The molecule has 2 rings (SSSR count). The molecule has 5 heteroatoms. The van der Waals surface area contributed by atoms with Crippen LogP contribution in [0.2, 0.25) is 0 Å². The number of nitrogens with zero attached hydrogens (tertiary/aromatic N) is 2. The number of carboxylic acid groups (broad SMARTS) is 1. The summed E-state index contributed by atoms with van der Waals surface area (Å²) < 4.78 is 5.76. The molecule has 1 aromatic rings. The van der Waals surface area contributed by atoms with E-state index >= 15 is 0 Å². The maximum atomic E-state index is 10.8. The van der Waals surface area contributed by atoms with Gasteiger partial charge in [0.1, 0.15) is 11.9 Å². The molecule has 94 valence electrons. The zero-order valence-corrected chi connectivity index (χ0v) is 9.87. The largest absolute Gasteiger partial charge is 0.490 e. The zero-order chi connectivity index (χ0) is 13.0. The van der Waals surface area contributed by atoms with Crippen molar-refractivity contribution in [2.24, 2.45) is 0 Å². The maximum Gasteiger partial charge on any atom is 0.407 e. The molecule has 0 aromatic heterocycles. The van der Waals surface area contributed by atoms with Crippen LogP contribution in [0.25, 0.3) is 0 Å². The molecule has 1 fully saturated rings. The first-order valence-electron chi connectivity index (χ1n) is 5.84. The topological polar surface area (TPSA) is 73.6 Å². The van der Waals surface area contributed by atoms with Crippen molar-refractivity contribution in [3.05, 3.63) is 29.8 Å². The highest BCUT2D eigenvalue weighted by Crippen LogP contribution is 2.19. The minimum Gasteiger partial charge on any atom is -0.490 e. The molecule has 1 aliphatic rings. The fourth-order valence-electron chi connectivity index (χ4n) is 2.00. The molecular formula is C13H14N2O3. The third-order valence-corrected chi connectivity index (χ3v) is 2.98. The van der Waals surface area contributed by atoms with Crippen LogP contribution in [-0.4, -0.2) is 35.3 Å². The Balaban J connectivity index is 1.91. The Labute approximate surface area is 105 Å². The number of rotatable bonds is 2. The van der Waals surface area contributed by atoms with Gasteiger partial charge in [-0.2, -0.15) is 5.26 Å². The molecule has 0 saturated carbocycles. The number of hydrogen-bond donors (Lipinski definition) is 1. The van der Waals surface area contributed by atoms with Gasteiger partial charge in [-0.1, -0.05) is 6.07 Å². The third kappa shape index (κ3) is 2.92. The summed E-state index contributed by atoms with van der Waals surface area (Å²) in [7, 11) is 0. The van der Waals surface area contributed by atoms with Crippen molar-refractivity contribution in [3.8, 4) is 11.8 Å². The van der Waals surface area contributed by atoms with Gasteiger partial charge >= 0.3 is 6.09 Å². The van der Waals surface area contributed by atoms with Crippen LogP contribution in [0.5, 0.6) is 5.75 Å². The van der Waals surface area contributed by atoms with Crippen molar-refractivity contribution >= 4 is 6.09 Å². The van der Waals surface area contributed by atoms with Crippen molar-refractivity contribution in [1.82, 2.24) is 4.90 Å². The molecule has 0 spiro atoms. The van der Waals surface area contributed by atoms with Gasteiger partial charge in [-0.05, 0) is 18.2 Å². The molecular weight excluding hydrogens is 232 g/mol. The molecule has 1 saturated heterocycles. The predicted octanol–water partition coefficient (Wildman–Crippen LogP) is 2.08. The van der Waals surface area contributed by atoms with Crippen LogP contribution in [0.1, 0.15) is 18.4 Å². The average Bonchev–Trinajstić information content (AvgIpc) is 2.39. The number of amides is 1. The number of nitriles is 1. The molecule has 1 aliphatic heterocycles. The number of hydrogen-bond acceptors (Lipinski definition) is 3. The van der Waals surface area contributed by atoms with E-state index in [1.165, 1.54) is 4.90 Å². The molecule has 1 aromatic carbocycles. The molecule has 1 amide bonds. The van der Waals surface area contributed by atoms with Gasteiger partial charge in [0.15, 0.2) is 0 Å². The Morgan fingerprint density at radius 1 is 1.44 bits per heavy atom. The summed E-state index contributed by atoms with van der Waals surface area (Å²) in [5.41, 5.74) is 0.565. The first-order valence-corrected chi connectivity index (χ1v) is 5.84. The smallest absolute Gasteiger partial charge is 0.407 e. The lowest BCUT2D eigenvalue weighted by molar-refractivity contribution is 0.0895. The van der Waals surface area contributed by atoms with E-state index in [2.05, 4.69) is 6.07 Å². The van der Waals surface area contributed by atoms with E-state index in [0.29, 0.717) is 37.2 Å². The van der Waals surface area contributed by atoms with Crippen LogP contribution in [0.4, 0.5) is 4.79 Å². The molecule has 1 N–H and O–H groups in total. The Morgan fingerprint density at radius 2 is 2.17 bits per heavy atom. The molecule has 5 nitrogen and oxygen atoms in total. The first-order chi connectivity index (χ1) is 8.69. The SMILES string of the molecule is N#Cc1cccc(OC2CCN(C(=O)O)CC2)c1. The summed E-state index contributed by atoms with van der Waals surface area (Å²) in [6.07, 6.45) is 0.515. The van der Waals surface area contributed by atoms with Gasteiger partial charge in [-0.3, -0.25) is 0 Å². The Hall–Kier alpha value is -2.22. The normalized spacial score (nSPS) is 16.1. The Morgan fingerprint density at radius 3 is 2.78 bits per heavy atom. The molecule has 0 unspecified atom stereocenters. The minimum absolute atomic E-state index is 0.0227. The lowest BCUT2D eigenvalue weighted by Gasteiger charge is -2.30. The van der Waals surface area contributed by atoms with Crippen LogP contribution in [0.3, 0.4) is 0 Å². The van der Waals surface area contributed by atoms with Crippen LogP contribution >= 0.6 is 0 Å². The lowest BCUT2D eigenvalue weighted by atomic mass is 10.1. The number of likely N-dealkylation sites (tertiary alicyclic amines) is 1. The monoisotopic (exact) mass is 246 g/mol. The van der Waals surface area contributed by atoms with E-state index in [9.17, 15) is 4.79 Å². The van der Waals surface area contributed by atoms with Gasteiger partial charge in [-0.15, -0.1) is 0 Å². The van der Waals surface area contributed by atoms with E-state index in [0.717, 1.165) is 0 Å². The fourth-order valence-corrected chi connectivity index (χ4v) is 2.00. The molecule has 18 heavy (non-hydrogen) atoms. The van der Waals surface area contributed by atoms with Gasteiger partial charge in [0.2, 0.25) is 0 Å². The van der Waals surface area contributed by atoms with Crippen molar-refractivity contribution in [2.45, 2.75) is 18.9 Å². The van der Waals surface area contributed by atoms with Crippen LogP contribution in [0, 0.1) is 11.3 Å². The number of carbonyl (C=O) groups is 1. The van der Waals surface area contributed by atoms with E-state index in [4.69, 9.17) is 15.1 Å². The molecule has 0 aliphatic carbocycles. The van der Waals surface area contributed by atoms with Crippen LogP contribution in [0.15, 0.2) is 24.3 Å². The van der Waals surface area contributed by atoms with Crippen molar-refractivity contribution in [3.63, 3.8) is 0 Å². The Kier molecular flexibility index (Phi) is 3.68. The highest BCUT2D eigenvalue weighted by atomic mass is 16.5. The predicted molar refractivity (Wildman–Crippen MR) is 64.4 cm³/mol. The maximum absolute atomic E-state index is 10.8. The second-order valence-corrected chi connectivity index (χ2v) is 4.23. The summed E-state index contributed by atoms with van der Waals surface area (Å²) in [6, 6.07) is 9.07. The highest BCUT2D eigenvalue weighted by Gasteiger charge is 2.23. The zero-order valence-electron chi connectivity index (χ0n) is 9.87. The second kappa shape index (κ2) is 5.41. The second-order valence-electron chi connectivity index (χ2n) is 4.23. The highest BCUT2D eigenvalue weighted by molar-refractivity contribution is 5.65. The van der Waals surface area contributed by atoms with E-state index in [-0.39, 0.29) is 6.10 Å². The summed E-state index contributed by atoms with van der Waals surface area (Å²) in [6.45, 7) is 0.996. The lowest BCUT2D eigenvalue weighted by Crippen LogP contribution is -2.41. The van der Waals surface area contributed by atoms with Gasteiger partial charge in [0.05, 0.1) is 11.6 Å². The van der Waals surface area contributed by atoms with Gasteiger partial charge < -0.3 is 14.7 Å². The number of ether oxygens (including phenoxy) is 1. The van der Waals surface area contributed by atoms with Crippen molar-refractivity contribution in [2.75, 3.05) is 13.1 Å². The third-order valence-electron chi connectivity index (χ3n) is 2.98. The summed E-state index contributed by atoms with van der Waals surface area (Å²) in [5.74, 6) is 0.669. The number of piperidine rings is 1. The van der Waals surface area contributed by atoms with Crippen LogP contribution in [-0.2, 0) is 0 Å². The Bertz CT molecular complexity index is 473. The standard InChI is InChI=1S/C13H14N2O3/c14-9-10-2-1-3-12(8-10)18-11-4-6-15(7-5-11)13(16)17/h1-3,8,11H,4-7H2,(H,16,17). The van der Waals surface area contributed by atoms with Gasteiger partial charge in [-0.25, -0.2) is 4.79 Å². The van der Waals surface area contributed by atoms with Gasteiger partial charge in [0, 0.05) is 25.9 Å². The van der Waals surface area contributed by atoms with E-state index in [1.54, 1.807) is 18.2 Å². The molecule has 0 bridgehead atoms. The van der Waals surface area contributed by atoms with Crippen LogP contribution < -0.4 is 4.74 Å². The summed E-state index contributed by atoms with van der Waals surface area (Å²) >= 11 is 0. The summed E-state index contributed by atoms with van der Waals surface area (Å²) in [5, 5.41) is 17.6. The number of benzene rings is 1. The first kappa shape index (κ1) is 12.2. The molecule has 0 atom stereocenters. The van der Waals surface area contributed by atoms with Gasteiger partial charge in [0.25, 0.3) is 0 Å². The molecule has 1 heterocycles. The average molecular weight is 246 g/mol. The van der Waals surface area contributed by atoms with E-state index in [1.807, 2.05) is 6.07 Å². The quantitative estimate of drug-likeness (QED) is 0.867. The molecule has 0 radical (unpaired) electrons. The minimum atomic E-state index is -0.875. The summed E-state index contributed by atoms with van der Waals surface area (Å²) in [4.78, 5) is 12.1.